The highest BCUT2D eigenvalue weighted by Gasteiger charge is 2.28. The van der Waals surface area contributed by atoms with Gasteiger partial charge in [0.05, 0.1) is 29.1 Å². The first-order valence-corrected chi connectivity index (χ1v) is 14.6. The second-order valence-corrected chi connectivity index (χ2v) is 11.2. The minimum atomic E-state index is 0.0309. The maximum absolute atomic E-state index is 13.7. The van der Waals surface area contributed by atoms with Crippen molar-refractivity contribution in [2.45, 2.75) is 46.1 Å². The first-order valence-electron chi connectivity index (χ1n) is 14.6. The molecule has 2 N–H and O–H groups in total. The Labute approximate surface area is 248 Å². The van der Waals surface area contributed by atoms with E-state index in [1.807, 2.05) is 43.0 Å². The average Bonchev–Trinajstić information content (AvgIpc) is 3.39. The van der Waals surface area contributed by atoms with Crippen molar-refractivity contribution < 1.29 is 9.59 Å². The van der Waals surface area contributed by atoms with Gasteiger partial charge in [0.2, 0.25) is 5.91 Å². The minimum absolute atomic E-state index is 0.0309. The monoisotopic (exact) mass is 562 g/mol. The number of anilines is 3. The highest BCUT2D eigenvalue weighted by molar-refractivity contribution is 6.03. The van der Waals surface area contributed by atoms with Gasteiger partial charge < -0.3 is 25.3 Å². The summed E-state index contributed by atoms with van der Waals surface area (Å²) in [6, 6.07) is 12.7. The van der Waals surface area contributed by atoms with Gasteiger partial charge in [0, 0.05) is 62.6 Å². The van der Waals surface area contributed by atoms with E-state index in [9.17, 15) is 14.9 Å². The number of fused-ring (bicyclic) bond motifs is 1. The molecule has 8 heteroatoms. The van der Waals surface area contributed by atoms with Crippen LogP contribution in [0.25, 0.3) is 0 Å². The standard InChI is InChI=1S/C34H38N6O2/c1-5-8-30(25(6-2)22-35)38-13-11-27(12-14-38)36-29-21-28(23(3)19-24(29)4)34(42)40-17-15-39(16-18-40)31-10-7-9-26-20-32(41)37-33(26)31/h1,6-10,19,21,27,36H,11-18,20H2,2-4H3,(H,37,41)/b25-6-,30-8+. The van der Waals surface area contributed by atoms with Crippen LogP contribution in [0.4, 0.5) is 17.1 Å². The van der Waals surface area contributed by atoms with Gasteiger partial charge in [-0.05, 0) is 62.4 Å². The molecule has 42 heavy (non-hydrogen) atoms. The third-order valence-corrected chi connectivity index (χ3v) is 8.55. The largest absolute Gasteiger partial charge is 0.382 e. The molecule has 216 valence electrons. The van der Waals surface area contributed by atoms with Gasteiger partial charge in [-0.3, -0.25) is 9.59 Å². The van der Waals surface area contributed by atoms with Crippen LogP contribution in [-0.4, -0.2) is 66.9 Å². The fourth-order valence-electron chi connectivity index (χ4n) is 6.23. The Hall–Kier alpha value is -4.69. The summed E-state index contributed by atoms with van der Waals surface area (Å²) in [6.45, 7) is 10.2. The SMILES string of the molecule is C#C/C=C(\C(C#N)=C/C)N1CCC(Nc2cc(C(=O)N3CCN(c4cccc5c4NC(=O)C5)CC3)c(C)cc2C)CC1. The van der Waals surface area contributed by atoms with E-state index in [2.05, 4.69) is 45.4 Å². The second-order valence-electron chi connectivity index (χ2n) is 11.2. The average molecular weight is 563 g/mol. The Kier molecular flexibility index (Phi) is 8.54. The van der Waals surface area contributed by atoms with E-state index in [1.54, 1.807) is 12.2 Å². The number of aryl methyl sites for hydroxylation is 2. The van der Waals surface area contributed by atoms with Crippen molar-refractivity contribution in [1.29, 1.82) is 5.26 Å². The normalized spacial score (nSPS) is 17.8. The lowest BCUT2D eigenvalue weighted by molar-refractivity contribution is -0.115. The molecule has 3 heterocycles. The van der Waals surface area contributed by atoms with Gasteiger partial charge in [0.1, 0.15) is 6.07 Å². The summed E-state index contributed by atoms with van der Waals surface area (Å²) in [5, 5.41) is 16.2. The number of hydrogen-bond acceptors (Lipinski definition) is 6. The Morgan fingerprint density at radius 2 is 1.81 bits per heavy atom. The summed E-state index contributed by atoms with van der Waals surface area (Å²) in [6.07, 6.45) is 11.2. The summed E-state index contributed by atoms with van der Waals surface area (Å²) in [5.41, 5.74) is 8.19. The molecule has 2 fully saturated rings. The molecule has 0 aromatic heterocycles. The van der Waals surface area contributed by atoms with Crippen molar-refractivity contribution in [3.63, 3.8) is 0 Å². The molecule has 3 aliphatic rings. The van der Waals surface area contributed by atoms with Crippen molar-refractivity contribution in [3.8, 4) is 18.4 Å². The van der Waals surface area contributed by atoms with Gasteiger partial charge in [0.15, 0.2) is 0 Å². The first kappa shape index (κ1) is 28.8. The van der Waals surface area contributed by atoms with Crippen molar-refractivity contribution in [2.75, 3.05) is 54.8 Å². The predicted molar refractivity (Wildman–Crippen MR) is 167 cm³/mol. The number of nitrogens with zero attached hydrogens (tertiary/aromatic N) is 4. The fraction of sp³-hybridized carbons (Fsp3) is 0.382. The van der Waals surface area contributed by atoms with E-state index in [1.165, 1.54) is 0 Å². The lowest BCUT2D eigenvalue weighted by Crippen LogP contribution is -2.49. The van der Waals surface area contributed by atoms with E-state index in [4.69, 9.17) is 6.42 Å². The Morgan fingerprint density at radius 1 is 1.07 bits per heavy atom. The molecule has 0 saturated carbocycles. The molecule has 0 spiro atoms. The van der Waals surface area contributed by atoms with Gasteiger partial charge >= 0.3 is 0 Å². The summed E-state index contributed by atoms with van der Waals surface area (Å²) >= 11 is 0. The second kappa shape index (κ2) is 12.4. The van der Waals surface area contributed by atoms with E-state index in [-0.39, 0.29) is 17.9 Å². The molecule has 2 saturated heterocycles. The zero-order chi connectivity index (χ0) is 29.8. The Balaban J connectivity index is 1.23. The highest BCUT2D eigenvalue weighted by Crippen LogP contribution is 2.35. The molecule has 0 radical (unpaired) electrons. The number of piperazine rings is 1. The van der Waals surface area contributed by atoms with Crippen LogP contribution in [-0.2, 0) is 11.2 Å². The molecule has 0 aliphatic carbocycles. The van der Waals surface area contributed by atoms with Crippen LogP contribution in [0.2, 0.25) is 0 Å². The third-order valence-electron chi connectivity index (χ3n) is 8.55. The van der Waals surface area contributed by atoms with Gasteiger partial charge in [-0.15, -0.1) is 6.42 Å². The number of para-hydroxylation sites is 1. The number of likely N-dealkylation sites (tertiary alicyclic amines) is 1. The number of allylic oxidation sites excluding steroid dienone is 3. The lowest BCUT2D eigenvalue weighted by atomic mass is 9.99. The Morgan fingerprint density at radius 3 is 2.48 bits per heavy atom. The molecule has 5 rings (SSSR count). The molecular formula is C34H38N6O2. The zero-order valence-electron chi connectivity index (χ0n) is 24.7. The predicted octanol–water partition coefficient (Wildman–Crippen LogP) is 4.62. The maximum Gasteiger partial charge on any atom is 0.254 e. The van der Waals surface area contributed by atoms with Crippen molar-refractivity contribution in [2.24, 2.45) is 0 Å². The maximum atomic E-state index is 13.7. The number of carbonyl (C=O) groups is 2. The minimum Gasteiger partial charge on any atom is -0.382 e. The molecule has 8 nitrogen and oxygen atoms in total. The summed E-state index contributed by atoms with van der Waals surface area (Å²) < 4.78 is 0. The summed E-state index contributed by atoms with van der Waals surface area (Å²) in [7, 11) is 0. The molecular weight excluding hydrogens is 524 g/mol. The molecule has 2 aromatic rings. The number of hydrogen-bond donors (Lipinski definition) is 2. The molecule has 0 bridgehead atoms. The molecule has 0 unspecified atom stereocenters. The van der Waals surface area contributed by atoms with E-state index in [0.29, 0.717) is 38.2 Å². The lowest BCUT2D eigenvalue weighted by Gasteiger charge is -2.37. The number of nitrogens with one attached hydrogen (secondary N) is 2. The fourth-order valence-corrected chi connectivity index (χ4v) is 6.23. The van der Waals surface area contributed by atoms with Crippen LogP contribution in [0.3, 0.4) is 0 Å². The van der Waals surface area contributed by atoms with Crippen LogP contribution in [0.5, 0.6) is 0 Å². The molecule has 2 aromatic carbocycles. The molecule has 0 atom stereocenters. The van der Waals surface area contributed by atoms with Crippen molar-refractivity contribution in [3.05, 3.63) is 76.0 Å². The zero-order valence-corrected chi connectivity index (χ0v) is 24.7. The van der Waals surface area contributed by atoms with E-state index < -0.39 is 0 Å². The van der Waals surface area contributed by atoms with Crippen LogP contribution in [0.1, 0.15) is 46.8 Å². The quantitative estimate of drug-likeness (QED) is 0.303. The number of rotatable bonds is 6. The van der Waals surface area contributed by atoms with Gasteiger partial charge in [0.25, 0.3) is 5.91 Å². The smallest absolute Gasteiger partial charge is 0.254 e. The number of terminal acetylenes is 1. The van der Waals surface area contributed by atoms with Gasteiger partial charge in [-0.1, -0.05) is 30.2 Å². The van der Waals surface area contributed by atoms with Crippen LogP contribution >= 0.6 is 0 Å². The number of carbonyl (C=O) groups excluding carboxylic acids is 2. The van der Waals surface area contributed by atoms with Gasteiger partial charge in [-0.2, -0.15) is 5.26 Å². The number of nitriles is 1. The van der Waals surface area contributed by atoms with Crippen molar-refractivity contribution in [1.82, 2.24) is 9.80 Å². The third kappa shape index (κ3) is 5.85. The van der Waals surface area contributed by atoms with Crippen LogP contribution in [0.15, 0.2) is 53.8 Å². The van der Waals surface area contributed by atoms with Crippen molar-refractivity contribution >= 4 is 28.9 Å². The summed E-state index contributed by atoms with van der Waals surface area (Å²) in [4.78, 5) is 32.0. The number of piperidine rings is 1. The van der Waals surface area contributed by atoms with Gasteiger partial charge in [-0.25, -0.2) is 0 Å². The topological polar surface area (TPSA) is 91.7 Å². The molecule has 3 aliphatic heterocycles. The number of amides is 2. The van der Waals surface area contributed by atoms with E-state index >= 15 is 0 Å². The molecule has 2 amide bonds. The first-order chi connectivity index (χ1) is 20.3. The highest BCUT2D eigenvalue weighted by atomic mass is 16.2. The van der Waals surface area contributed by atoms with E-state index in [0.717, 1.165) is 70.9 Å². The number of benzene rings is 2. The van der Waals surface area contributed by atoms with Crippen LogP contribution in [0, 0.1) is 37.5 Å². The Bertz CT molecular complexity index is 1530. The summed E-state index contributed by atoms with van der Waals surface area (Å²) in [5.74, 6) is 2.66. The van der Waals surface area contributed by atoms with Crippen LogP contribution < -0.4 is 15.5 Å².